The number of hydrogen-bond donors (Lipinski definition) is 1. The molecular weight excluding hydrogens is 462 g/mol. The summed E-state index contributed by atoms with van der Waals surface area (Å²) in [5.74, 6) is 3.07. The fourth-order valence-electron chi connectivity index (χ4n) is 3.03. The number of carbonyl (C=O) groups is 1. The molecule has 0 saturated heterocycles. The molecule has 1 aliphatic heterocycles. The summed E-state index contributed by atoms with van der Waals surface area (Å²) in [4.78, 5) is 12.2. The van der Waals surface area contributed by atoms with Crippen molar-refractivity contribution in [2.45, 2.75) is 40.3 Å². The highest BCUT2D eigenvalue weighted by atomic mass is 32.2. The number of thioether (sulfide) groups is 2. The van der Waals surface area contributed by atoms with Crippen molar-refractivity contribution in [2.24, 2.45) is 0 Å². The molecule has 1 atom stereocenters. The molecule has 1 aliphatic rings. The van der Waals surface area contributed by atoms with Gasteiger partial charge in [-0.2, -0.15) is 0 Å². The van der Waals surface area contributed by atoms with E-state index < -0.39 is 0 Å². The summed E-state index contributed by atoms with van der Waals surface area (Å²) in [5.41, 5.74) is 2.61. The van der Waals surface area contributed by atoms with Crippen LogP contribution >= 0.6 is 34.9 Å². The fourth-order valence-corrected chi connectivity index (χ4v) is 5.83. The van der Waals surface area contributed by atoms with Gasteiger partial charge in [-0.3, -0.25) is 4.79 Å². The lowest BCUT2D eigenvalue weighted by atomic mass is 10.0. The maximum atomic E-state index is 12.2. The van der Waals surface area contributed by atoms with Crippen LogP contribution in [0.3, 0.4) is 0 Å². The molecule has 0 fully saturated rings. The van der Waals surface area contributed by atoms with E-state index in [2.05, 4.69) is 53.6 Å². The van der Waals surface area contributed by atoms with Gasteiger partial charge >= 0.3 is 0 Å². The number of nitrogens with one attached hydrogen (secondary N) is 1. The van der Waals surface area contributed by atoms with Crippen molar-refractivity contribution < 1.29 is 14.3 Å². The maximum absolute atomic E-state index is 12.2. The van der Waals surface area contributed by atoms with Crippen LogP contribution in [0.1, 0.15) is 30.9 Å². The van der Waals surface area contributed by atoms with E-state index >= 15 is 0 Å². The van der Waals surface area contributed by atoms with Crippen molar-refractivity contribution in [1.29, 1.82) is 0 Å². The molecule has 6 nitrogen and oxygen atoms in total. The third-order valence-electron chi connectivity index (χ3n) is 4.82. The average molecular weight is 488 g/mol. The molecular formula is C23H25N3O3S3. The van der Waals surface area contributed by atoms with Crippen LogP contribution in [0.15, 0.2) is 57.2 Å². The molecule has 4 rings (SSSR count). The Balaban J connectivity index is 1.17. The third kappa shape index (κ3) is 6.40. The molecule has 168 valence electrons. The number of fused-ring (bicyclic) bond motifs is 1. The van der Waals surface area contributed by atoms with Gasteiger partial charge in [0, 0.05) is 5.75 Å². The van der Waals surface area contributed by atoms with Crippen molar-refractivity contribution in [1.82, 2.24) is 15.5 Å². The van der Waals surface area contributed by atoms with Crippen LogP contribution in [-0.2, 0) is 10.5 Å². The molecule has 32 heavy (non-hydrogen) atoms. The topological polar surface area (TPSA) is 73.3 Å². The Bertz CT molecular complexity index is 1040. The quantitative estimate of drug-likeness (QED) is 0.426. The zero-order chi connectivity index (χ0) is 22.3. The summed E-state index contributed by atoms with van der Waals surface area (Å²) in [6, 6.07) is 16.3. The van der Waals surface area contributed by atoms with Crippen molar-refractivity contribution >= 4 is 40.8 Å². The number of carbonyl (C=O) groups excluding carboxylic acids is 1. The SMILES string of the molecule is CC(C)c1ccc(CSc2nnc(SCC(=O)NCC3COc4ccccc4O3)s2)cc1. The largest absolute Gasteiger partial charge is 0.486 e. The van der Waals surface area contributed by atoms with Gasteiger partial charge in [-0.05, 0) is 29.2 Å². The van der Waals surface area contributed by atoms with Gasteiger partial charge in [-0.25, -0.2) is 0 Å². The van der Waals surface area contributed by atoms with Crippen molar-refractivity contribution in [3.05, 3.63) is 59.7 Å². The van der Waals surface area contributed by atoms with E-state index in [1.807, 2.05) is 24.3 Å². The minimum absolute atomic E-state index is 0.0629. The molecule has 3 aromatic rings. The minimum Gasteiger partial charge on any atom is -0.486 e. The molecule has 0 bridgehead atoms. The number of para-hydroxylation sites is 2. The average Bonchev–Trinajstić information content (AvgIpc) is 3.28. The van der Waals surface area contributed by atoms with E-state index in [0.29, 0.717) is 30.6 Å². The van der Waals surface area contributed by atoms with Crippen LogP contribution in [0.2, 0.25) is 0 Å². The normalized spacial score (nSPS) is 15.0. The Kier molecular flexibility index (Phi) is 7.94. The van der Waals surface area contributed by atoms with Crippen molar-refractivity contribution in [2.75, 3.05) is 18.9 Å². The summed E-state index contributed by atoms with van der Waals surface area (Å²) in [6.07, 6.45) is -0.196. The predicted molar refractivity (Wildman–Crippen MR) is 130 cm³/mol. The highest BCUT2D eigenvalue weighted by Gasteiger charge is 2.21. The highest BCUT2D eigenvalue weighted by Crippen LogP contribution is 2.32. The number of aromatic nitrogens is 2. The summed E-state index contributed by atoms with van der Waals surface area (Å²) in [5, 5.41) is 11.3. The number of nitrogens with zero attached hydrogens (tertiary/aromatic N) is 2. The maximum Gasteiger partial charge on any atom is 0.230 e. The molecule has 1 N–H and O–H groups in total. The number of amides is 1. The first-order valence-electron chi connectivity index (χ1n) is 10.4. The molecule has 0 aliphatic carbocycles. The zero-order valence-electron chi connectivity index (χ0n) is 17.9. The molecule has 0 spiro atoms. The number of rotatable bonds is 9. The molecule has 0 saturated carbocycles. The van der Waals surface area contributed by atoms with Crippen LogP contribution < -0.4 is 14.8 Å². The molecule has 1 unspecified atom stereocenters. The van der Waals surface area contributed by atoms with Crippen LogP contribution in [0.4, 0.5) is 0 Å². The first kappa shape index (κ1) is 22.9. The third-order valence-corrected chi connectivity index (χ3v) is 8.08. The van der Waals surface area contributed by atoms with Crippen LogP contribution in [0.25, 0.3) is 0 Å². The Hall–Kier alpha value is -2.23. The summed E-state index contributed by atoms with van der Waals surface area (Å²) in [7, 11) is 0. The minimum atomic E-state index is -0.196. The Morgan fingerprint density at radius 2 is 1.81 bits per heavy atom. The number of benzene rings is 2. The molecule has 1 aromatic heterocycles. The Morgan fingerprint density at radius 3 is 2.56 bits per heavy atom. The standard InChI is InChI=1S/C23H25N3O3S3/c1-15(2)17-9-7-16(8-10-17)13-30-22-25-26-23(32-22)31-14-21(27)24-11-18-12-28-19-5-3-4-6-20(19)29-18/h3-10,15,18H,11-14H2,1-2H3,(H,24,27). The van der Waals surface area contributed by atoms with E-state index in [9.17, 15) is 4.79 Å². The Morgan fingerprint density at radius 1 is 1.09 bits per heavy atom. The van der Waals surface area contributed by atoms with E-state index in [4.69, 9.17) is 9.47 Å². The van der Waals surface area contributed by atoms with Crippen LogP contribution in [0.5, 0.6) is 11.5 Å². The van der Waals surface area contributed by atoms with Gasteiger partial charge in [-0.15, -0.1) is 10.2 Å². The summed E-state index contributed by atoms with van der Waals surface area (Å²) < 4.78 is 13.2. The lowest BCUT2D eigenvalue weighted by Crippen LogP contribution is -2.41. The second-order valence-electron chi connectivity index (χ2n) is 7.61. The van der Waals surface area contributed by atoms with Crippen molar-refractivity contribution in [3.8, 4) is 11.5 Å². The molecule has 2 aromatic carbocycles. The van der Waals surface area contributed by atoms with Gasteiger partial charge in [-0.1, -0.05) is 85.1 Å². The smallest absolute Gasteiger partial charge is 0.230 e. The van der Waals surface area contributed by atoms with E-state index in [1.54, 1.807) is 11.8 Å². The monoisotopic (exact) mass is 487 g/mol. The summed E-state index contributed by atoms with van der Waals surface area (Å²) >= 11 is 4.59. The zero-order valence-corrected chi connectivity index (χ0v) is 20.4. The van der Waals surface area contributed by atoms with E-state index in [1.165, 1.54) is 34.2 Å². The first-order chi connectivity index (χ1) is 15.6. The van der Waals surface area contributed by atoms with Gasteiger partial charge in [0.25, 0.3) is 0 Å². The number of hydrogen-bond acceptors (Lipinski definition) is 8. The highest BCUT2D eigenvalue weighted by molar-refractivity contribution is 8.03. The van der Waals surface area contributed by atoms with Gasteiger partial charge in [0.05, 0.1) is 12.3 Å². The van der Waals surface area contributed by atoms with Crippen LogP contribution in [0, 0.1) is 0 Å². The summed E-state index contributed by atoms with van der Waals surface area (Å²) in [6.45, 7) is 5.21. The van der Waals surface area contributed by atoms with E-state index in [0.717, 1.165) is 20.2 Å². The Labute approximate surface area is 200 Å². The van der Waals surface area contributed by atoms with E-state index in [-0.39, 0.29) is 12.0 Å². The van der Waals surface area contributed by atoms with Gasteiger partial charge in [0.15, 0.2) is 20.2 Å². The fraction of sp³-hybridized carbons (Fsp3) is 0.348. The second-order valence-corrected chi connectivity index (χ2v) is 11.0. The molecule has 1 amide bonds. The first-order valence-corrected chi connectivity index (χ1v) is 13.2. The second kappa shape index (κ2) is 11.1. The van der Waals surface area contributed by atoms with Gasteiger partial charge in [0.1, 0.15) is 12.7 Å². The van der Waals surface area contributed by atoms with Gasteiger partial charge in [0.2, 0.25) is 5.91 Å². The lowest BCUT2D eigenvalue weighted by molar-refractivity contribution is -0.119. The molecule has 2 heterocycles. The van der Waals surface area contributed by atoms with Crippen LogP contribution in [-0.4, -0.2) is 41.1 Å². The molecule has 0 radical (unpaired) electrons. The lowest BCUT2D eigenvalue weighted by Gasteiger charge is -2.26. The molecule has 9 heteroatoms. The van der Waals surface area contributed by atoms with Crippen molar-refractivity contribution in [3.63, 3.8) is 0 Å². The van der Waals surface area contributed by atoms with Gasteiger partial charge < -0.3 is 14.8 Å². The predicted octanol–water partition coefficient (Wildman–Crippen LogP) is 5.00. The number of ether oxygens (including phenoxy) is 2.